The van der Waals surface area contributed by atoms with Gasteiger partial charge in [0.1, 0.15) is 12.1 Å². The molecule has 0 fully saturated rings. The molecule has 2 aromatic rings. The van der Waals surface area contributed by atoms with Crippen molar-refractivity contribution in [1.29, 1.82) is 0 Å². The summed E-state index contributed by atoms with van der Waals surface area (Å²) in [7, 11) is 0. The van der Waals surface area contributed by atoms with Crippen LogP contribution in [0, 0.1) is 0 Å². The molecule has 1 heterocycles. The highest BCUT2D eigenvalue weighted by Gasteiger charge is 2.04. The highest BCUT2D eigenvalue weighted by Crippen LogP contribution is 2.26. The molecule has 0 unspecified atom stereocenters. The molecule has 0 radical (unpaired) electrons. The van der Waals surface area contributed by atoms with Crippen LogP contribution in [0.2, 0.25) is 5.02 Å². The van der Waals surface area contributed by atoms with Gasteiger partial charge in [-0.2, -0.15) is 0 Å². The van der Waals surface area contributed by atoms with Crippen LogP contribution >= 0.6 is 27.5 Å². The van der Waals surface area contributed by atoms with Gasteiger partial charge in [0.25, 0.3) is 0 Å². The molecule has 0 aliphatic rings. The van der Waals surface area contributed by atoms with E-state index in [0.29, 0.717) is 10.8 Å². The van der Waals surface area contributed by atoms with Crippen LogP contribution in [0.15, 0.2) is 40.3 Å². The normalized spacial score (nSPS) is 13.9. The molecule has 126 valence electrons. The van der Waals surface area contributed by atoms with Crippen LogP contribution in [0.3, 0.4) is 0 Å². The Balaban J connectivity index is 2.59. The number of allylic oxidation sites excluding steroid dienone is 2. The molecule has 3 N–H and O–H groups in total. The van der Waals surface area contributed by atoms with Gasteiger partial charge in [-0.1, -0.05) is 30.2 Å². The molecule has 0 spiro atoms. The molecular weight excluding hydrogens is 388 g/mol. The highest BCUT2D eigenvalue weighted by molar-refractivity contribution is 9.10. The molecule has 0 aliphatic carbocycles. The van der Waals surface area contributed by atoms with Crippen molar-refractivity contribution in [3.63, 3.8) is 0 Å². The smallest absolute Gasteiger partial charge is 0.141 e. The molecule has 1 aromatic heterocycles. The number of nitrogens with two attached hydrogens (primary N) is 1. The third-order valence-corrected chi connectivity index (χ3v) is 4.91. The zero-order chi connectivity index (χ0) is 17.7. The number of nitrogens with zero attached hydrogens (tertiary/aromatic N) is 2. The first kappa shape index (κ1) is 18.5. The number of anilines is 2. The lowest BCUT2D eigenvalue weighted by molar-refractivity contribution is 1.06. The van der Waals surface area contributed by atoms with Crippen LogP contribution in [-0.4, -0.2) is 9.97 Å². The Labute approximate surface area is 155 Å². The standard InChI is InChI=1S/C18H20BrClN4/c1-4-11(3)16(21)9-13-17(5-2)22-10-23-18(13)24-12-6-7-15(20)14(19)8-12/h5-10H,4,21H2,1-3H3,(H,22,23,24)/b13-9+,16-11-,17-5+. The van der Waals surface area contributed by atoms with Crippen LogP contribution in [-0.2, 0) is 0 Å². The van der Waals surface area contributed by atoms with Crippen molar-refractivity contribution in [3.05, 3.63) is 55.9 Å². The lowest BCUT2D eigenvalue weighted by atomic mass is 10.1. The third kappa shape index (κ3) is 4.36. The monoisotopic (exact) mass is 406 g/mol. The van der Waals surface area contributed by atoms with Crippen molar-refractivity contribution in [2.75, 3.05) is 5.32 Å². The van der Waals surface area contributed by atoms with E-state index in [1.165, 1.54) is 6.33 Å². The second-order valence-corrected chi connectivity index (χ2v) is 6.56. The van der Waals surface area contributed by atoms with Crippen molar-refractivity contribution in [2.24, 2.45) is 5.73 Å². The van der Waals surface area contributed by atoms with E-state index in [0.717, 1.165) is 38.4 Å². The molecule has 4 nitrogen and oxygen atoms in total. The maximum atomic E-state index is 6.19. The number of benzene rings is 1. The number of halogens is 2. The summed E-state index contributed by atoms with van der Waals surface area (Å²) in [5.74, 6) is 0.694. The van der Waals surface area contributed by atoms with E-state index < -0.39 is 0 Å². The van der Waals surface area contributed by atoms with E-state index >= 15 is 0 Å². The molecule has 1 aromatic carbocycles. The summed E-state index contributed by atoms with van der Waals surface area (Å²) in [6.45, 7) is 6.04. The summed E-state index contributed by atoms with van der Waals surface area (Å²) in [6, 6.07) is 5.62. The Hall–Kier alpha value is -1.85. The first-order valence-corrected chi connectivity index (χ1v) is 8.79. The Bertz CT molecular complexity index is 890. The molecule has 24 heavy (non-hydrogen) atoms. The van der Waals surface area contributed by atoms with Gasteiger partial charge >= 0.3 is 0 Å². The van der Waals surface area contributed by atoms with Gasteiger partial charge in [0, 0.05) is 21.1 Å². The third-order valence-electron chi connectivity index (χ3n) is 3.69. The summed E-state index contributed by atoms with van der Waals surface area (Å²) in [4.78, 5) is 8.70. The van der Waals surface area contributed by atoms with Crippen LogP contribution in [0.1, 0.15) is 27.2 Å². The van der Waals surface area contributed by atoms with Crippen molar-refractivity contribution < 1.29 is 0 Å². The lowest BCUT2D eigenvalue weighted by Gasteiger charge is -2.08. The molecule has 0 saturated heterocycles. The number of rotatable bonds is 4. The topological polar surface area (TPSA) is 63.8 Å². The fraction of sp³-hybridized carbons (Fsp3) is 0.222. The van der Waals surface area contributed by atoms with E-state index in [-0.39, 0.29) is 0 Å². The molecule has 0 bridgehead atoms. The fourth-order valence-electron chi connectivity index (χ4n) is 2.07. The highest BCUT2D eigenvalue weighted by atomic mass is 79.9. The predicted octanol–water partition coefficient (Wildman–Crippen LogP) is 3.86. The summed E-state index contributed by atoms with van der Waals surface area (Å²) >= 11 is 9.48. The molecule has 0 aliphatic heterocycles. The number of aromatic nitrogens is 2. The van der Waals surface area contributed by atoms with Gasteiger partial charge in [0.15, 0.2) is 0 Å². The van der Waals surface area contributed by atoms with Crippen LogP contribution in [0.25, 0.3) is 12.2 Å². The molecule has 0 saturated carbocycles. The van der Waals surface area contributed by atoms with Crippen LogP contribution in [0.5, 0.6) is 0 Å². The van der Waals surface area contributed by atoms with Gasteiger partial charge in [-0.3, -0.25) is 0 Å². The first-order chi connectivity index (χ1) is 11.5. The van der Waals surface area contributed by atoms with Gasteiger partial charge in [0.05, 0.1) is 10.4 Å². The maximum Gasteiger partial charge on any atom is 0.141 e. The van der Waals surface area contributed by atoms with Crippen molar-refractivity contribution in [1.82, 2.24) is 9.97 Å². The average molecular weight is 408 g/mol. The van der Waals surface area contributed by atoms with Crippen molar-refractivity contribution in [2.45, 2.75) is 27.2 Å². The van der Waals surface area contributed by atoms with Gasteiger partial charge in [-0.15, -0.1) is 0 Å². The van der Waals surface area contributed by atoms with E-state index in [2.05, 4.69) is 38.1 Å². The van der Waals surface area contributed by atoms with Crippen LogP contribution in [0.4, 0.5) is 11.5 Å². The van der Waals surface area contributed by atoms with Gasteiger partial charge in [0.2, 0.25) is 0 Å². The molecule has 2 rings (SSSR count). The van der Waals surface area contributed by atoms with Crippen LogP contribution < -0.4 is 21.6 Å². The second-order valence-electron chi connectivity index (χ2n) is 5.30. The first-order valence-electron chi connectivity index (χ1n) is 7.62. The van der Waals surface area contributed by atoms with E-state index in [4.69, 9.17) is 17.3 Å². The fourth-order valence-corrected chi connectivity index (χ4v) is 2.57. The Morgan fingerprint density at radius 3 is 2.75 bits per heavy atom. The number of hydrogen-bond donors (Lipinski definition) is 2. The maximum absolute atomic E-state index is 6.19. The second kappa shape index (κ2) is 8.31. The largest absolute Gasteiger partial charge is 0.399 e. The summed E-state index contributed by atoms with van der Waals surface area (Å²) in [5.41, 5.74) is 8.92. The molecule has 0 atom stereocenters. The van der Waals surface area contributed by atoms with Gasteiger partial charge in [-0.25, -0.2) is 9.97 Å². The minimum absolute atomic E-state index is 0.656. The summed E-state index contributed by atoms with van der Waals surface area (Å²) in [5, 5.41) is 5.65. The predicted molar refractivity (Wildman–Crippen MR) is 105 cm³/mol. The van der Waals surface area contributed by atoms with Gasteiger partial charge < -0.3 is 11.1 Å². The number of nitrogens with one attached hydrogen (secondary N) is 1. The Kier molecular flexibility index (Phi) is 6.40. The van der Waals surface area contributed by atoms with Crippen molar-refractivity contribution >= 4 is 51.2 Å². The minimum Gasteiger partial charge on any atom is -0.399 e. The van der Waals surface area contributed by atoms with E-state index in [9.17, 15) is 0 Å². The van der Waals surface area contributed by atoms with Gasteiger partial charge in [-0.05, 0) is 60.5 Å². The van der Waals surface area contributed by atoms with E-state index in [1.807, 2.05) is 44.2 Å². The Morgan fingerprint density at radius 1 is 1.38 bits per heavy atom. The summed E-state index contributed by atoms with van der Waals surface area (Å²) < 4.78 is 0.817. The van der Waals surface area contributed by atoms with Crippen molar-refractivity contribution in [3.8, 4) is 0 Å². The molecule has 0 amide bonds. The average Bonchev–Trinajstić information content (AvgIpc) is 2.58. The zero-order valence-corrected chi connectivity index (χ0v) is 16.2. The zero-order valence-electron chi connectivity index (χ0n) is 13.9. The van der Waals surface area contributed by atoms with E-state index in [1.54, 1.807) is 0 Å². The summed E-state index contributed by atoms with van der Waals surface area (Å²) in [6.07, 6.45) is 6.28. The quantitative estimate of drug-likeness (QED) is 0.808. The minimum atomic E-state index is 0.656. The SMILES string of the molecule is C/C=c1/ncnc(Nc2ccc(Cl)c(Br)c2)/c1=C/C(N)=C(\C)CC. The molecular formula is C18H20BrClN4. The number of hydrogen-bond acceptors (Lipinski definition) is 4. The Morgan fingerprint density at radius 2 is 2.12 bits per heavy atom. The lowest BCUT2D eigenvalue weighted by Crippen LogP contribution is -2.32. The molecule has 6 heteroatoms.